The fourth-order valence-electron chi connectivity index (χ4n) is 2.75. The standard InChI is InChI=1S/C15H19FN2O3/c1-10-6-8-18(15(21)17-7-5-13(19)20)14(10)11-3-2-4-12(16)9-11/h2-4,9-10,14H,5-8H2,1H3,(H,17,21)(H,19,20). The third-order valence-electron chi connectivity index (χ3n) is 3.77. The zero-order valence-electron chi connectivity index (χ0n) is 11.9. The number of carbonyl (C=O) groups excluding carboxylic acids is 1. The Morgan fingerprint density at radius 1 is 1.48 bits per heavy atom. The molecule has 1 heterocycles. The van der Waals surface area contributed by atoms with Crippen molar-refractivity contribution in [1.82, 2.24) is 10.2 Å². The van der Waals surface area contributed by atoms with Crippen molar-refractivity contribution >= 4 is 12.0 Å². The van der Waals surface area contributed by atoms with Crippen molar-refractivity contribution in [1.29, 1.82) is 0 Å². The number of likely N-dealkylation sites (tertiary alicyclic amines) is 1. The molecule has 0 spiro atoms. The van der Waals surface area contributed by atoms with Crippen molar-refractivity contribution in [2.45, 2.75) is 25.8 Å². The first-order valence-corrected chi connectivity index (χ1v) is 7.00. The zero-order chi connectivity index (χ0) is 15.4. The minimum absolute atomic E-state index is 0.0922. The summed E-state index contributed by atoms with van der Waals surface area (Å²) < 4.78 is 13.4. The van der Waals surface area contributed by atoms with Gasteiger partial charge in [0.25, 0.3) is 0 Å². The summed E-state index contributed by atoms with van der Waals surface area (Å²) >= 11 is 0. The number of carboxylic acid groups (broad SMARTS) is 1. The second kappa shape index (κ2) is 6.56. The van der Waals surface area contributed by atoms with Crippen molar-refractivity contribution in [2.24, 2.45) is 5.92 Å². The van der Waals surface area contributed by atoms with Crippen LogP contribution in [0.15, 0.2) is 24.3 Å². The molecule has 1 saturated heterocycles. The highest BCUT2D eigenvalue weighted by molar-refractivity contribution is 5.76. The number of nitrogens with one attached hydrogen (secondary N) is 1. The Hall–Kier alpha value is -2.11. The van der Waals surface area contributed by atoms with E-state index in [2.05, 4.69) is 5.32 Å². The normalized spacial score (nSPS) is 21.3. The third-order valence-corrected chi connectivity index (χ3v) is 3.77. The van der Waals surface area contributed by atoms with Gasteiger partial charge >= 0.3 is 12.0 Å². The first kappa shape index (κ1) is 15.3. The Morgan fingerprint density at radius 3 is 2.90 bits per heavy atom. The molecule has 2 atom stereocenters. The second-order valence-electron chi connectivity index (χ2n) is 5.33. The highest BCUT2D eigenvalue weighted by Crippen LogP contribution is 2.36. The van der Waals surface area contributed by atoms with Crippen molar-refractivity contribution in [3.8, 4) is 0 Å². The van der Waals surface area contributed by atoms with E-state index in [1.807, 2.05) is 13.0 Å². The summed E-state index contributed by atoms with van der Waals surface area (Å²) in [4.78, 5) is 24.3. The number of urea groups is 1. The van der Waals surface area contributed by atoms with Crippen LogP contribution in [0.4, 0.5) is 9.18 Å². The molecule has 0 bridgehead atoms. The molecule has 2 unspecified atom stereocenters. The molecule has 1 aliphatic heterocycles. The molecule has 0 aliphatic carbocycles. The number of rotatable bonds is 4. The van der Waals surface area contributed by atoms with Gasteiger partial charge in [-0.2, -0.15) is 0 Å². The largest absolute Gasteiger partial charge is 0.481 e. The van der Waals surface area contributed by atoms with Crippen LogP contribution in [0.25, 0.3) is 0 Å². The fraction of sp³-hybridized carbons (Fsp3) is 0.467. The number of carbonyl (C=O) groups is 2. The van der Waals surface area contributed by atoms with E-state index >= 15 is 0 Å². The van der Waals surface area contributed by atoms with Gasteiger partial charge in [0.2, 0.25) is 0 Å². The van der Waals surface area contributed by atoms with Crippen LogP contribution in [-0.4, -0.2) is 35.1 Å². The van der Waals surface area contributed by atoms with Crippen LogP contribution >= 0.6 is 0 Å². The first-order valence-electron chi connectivity index (χ1n) is 7.00. The number of hydrogen-bond donors (Lipinski definition) is 2. The summed E-state index contributed by atoms with van der Waals surface area (Å²) in [5.74, 6) is -1.04. The van der Waals surface area contributed by atoms with Gasteiger partial charge < -0.3 is 15.3 Å². The Kier molecular flexibility index (Phi) is 4.77. The highest BCUT2D eigenvalue weighted by atomic mass is 19.1. The lowest BCUT2D eigenvalue weighted by Gasteiger charge is -2.27. The Labute approximate surface area is 122 Å². The average Bonchev–Trinajstić information content (AvgIpc) is 2.80. The quantitative estimate of drug-likeness (QED) is 0.896. The molecule has 1 aromatic carbocycles. The van der Waals surface area contributed by atoms with Crippen LogP contribution in [0.5, 0.6) is 0 Å². The molecule has 1 aliphatic rings. The summed E-state index contributed by atoms with van der Waals surface area (Å²) in [5.41, 5.74) is 0.772. The predicted octanol–water partition coefficient (Wildman–Crippen LogP) is 2.39. The number of halogens is 1. The van der Waals surface area contributed by atoms with Gasteiger partial charge in [-0.1, -0.05) is 19.1 Å². The maximum Gasteiger partial charge on any atom is 0.317 e. The lowest BCUT2D eigenvalue weighted by Crippen LogP contribution is -2.40. The van der Waals surface area contributed by atoms with Crippen LogP contribution in [0, 0.1) is 11.7 Å². The molecule has 5 nitrogen and oxygen atoms in total. The summed E-state index contributed by atoms with van der Waals surface area (Å²) in [5, 5.41) is 11.2. The molecule has 0 aromatic heterocycles. The minimum atomic E-state index is -0.952. The number of carboxylic acids is 1. The summed E-state index contributed by atoms with van der Waals surface area (Å²) in [6.07, 6.45) is 0.729. The Balaban J connectivity index is 2.07. The van der Waals surface area contributed by atoms with E-state index in [-0.39, 0.29) is 36.8 Å². The minimum Gasteiger partial charge on any atom is -0.481 e. The van der Waals surface area contributed by atoms with E-state index in [0.29, 0.717) is 6.54 Å². The lowest BCUT2D eigenvalue weighted by molar-refractivity contribution is -0.136. The molecule has 2 amide bonds. The Bertz CT molecular complexity index is 535. The monoisotopic (exact) mass is 294 g/mol. The zero-order valence-corrected chi connectivity index (χ0v) is 11.9. The van der Waals surface area contributed by atoms with Gasteiger partial charge in [-0.25, -0.2) is 9.18 Å². The van der Waals surface area contributed by atoms with Gasteiger partial charge in [0.1, 0.15) is 5.82 Å². The molecule has 1 aromatic rings. The van der Waals surface area contributed by atoms with E-state index in [4.69, 9.17) is 5.11 Å². The third kappa shape index (κ3) is 3.71. The molecule has 0 radical (unpaired) electrons. The van der Waals surface area contributed by atoms with Gasteiger partial charge in [-0.15, -0.1) is 0 Å². The molecule has 0 saturated carbocycles. The van der Waals surface area contributed by atoms with Crippen molar-refractivity contribution in [3.05, 3.63) is 35.6 Å². The molecular weight excluding hydrogens is 275 g/mol. The number of aliphatic carboxylic acids is 1. The molecular formula is C15H19FN2O3. The van der Waals surface area contributed by atoms with Gasteiger partial charge in [0.05, 0.1) is 12.5 Å². The van der Waals surface area contributed by atoms with Crippen molar-refractivity contribution in [2.75, 3.05) is 13.1 Å². The van der Waals surface area contributed by atoms with Gasteiger partial charge in [0.15, 0.2) is 0 Å². The summed E-state index contributed by atoms with van der Waals surface area (Å²) in [7, 11) is 0. The number of hydrogen-bond acceptors (Lipinski definition) is 2. The molecule has 1 fully saturated rings. The molecule has 21 heavy (non-hydrogen) atoms. The van der Waals surface area contributed by atoms with Gasteiger partial charge in [-0.05, 0) is 30.0 Å². The number of benzene rings is 1. The maximum atomic E-state index is 13.4. The van der Waals surface area contributed by atoms with Crippen LogP contribution in [0.1, 0.15) is 31.4 Å². The maximum absolute atomic E-state index is 13.4. The molecule has 2 N–H and O–H groups in total. The van der Waals surface area contributed by atoms with Crippen LogP contribution in [-0.2, 0) is 4.79 Å². The van der Waals surface area contributed by atoms with Crippen LogP contribution in [0.2, 0.25) is 0 Å². The SMILES string of the molecule is CC1CCN(C(=O)NCCC(=O)O)C1c1cccc(F)c1. The molecule has 114 valence electrons. The predicted molar refractivity (Wildman–Crippen MR) is 75.3 cm³/mol. The summed E-state index contributed by atoms with van der Waals surface area (Å²) in [6.45, 7) is 2.70. The van der Waals surface area contributed by atoms with E-state index in [1.54, 1.807) is 11.0 Å². The number of amides is 2. The second-order valence-corrected chi connectivity index (χ2v) is 5.33. The van der Waals surface area contributed by atoms with Gasteiger partial charge in [0, 0.05) is 13.1 Å². The summed E-state index contributed by atoms with van der Waals surface area (Å²) in [6, 6.07) is 5.80. The van der Waals surface area contributed by atoms with E-state index < -0.39 is 5.97 Å². The fourth-order valence-corrected chi connectivity index (χ4v) is 2.75. The molecule has 2 rings (SSSR count). The van der Waals surface area contributed by atoms with E-state index in [9.17, 15) is 14.0 Å². The topological polar surface area (TPSA) is 69.6 Å². The van der Waals surface area contributed by atoms with Crippen molar-refractivity contribution < 1.29 is 19.1 Å². The smallest absolute Gasteiger partial charge is 0.317 e. The molecule has 6 heteroatoms. The van der Waals surface area contributed by atoms with E-state index in [1.165, 1.54) is 12.1 Å². The van der Waals surface area contributed by atoms with Crippen molar-refractivity contribution in [3.63, 3.8) is 0 Å². The van der Waals surface area contributed by atoms with Crippen LogP contribution in [0.3, 0.4) is 0 Å². The van der Waals surface area contributed by atoms with Gasteiger partial charge in [-0.3, -0.25) is 4.79 Å². The lowest BCUT2D eigenvalue weighted by atomic mass is 9.95. The average molecular weight is 294 g/mol. The number of nitrogens with zero attached hydrogens (tertiary/aromatic N) is 1. The van der Waals surface area contributed by atoms with Crippen LogP contribution < -0.4 is 5.32 Å². The van der Waals surface area contributed by atoms with E-state index in [0.717, 1.165) is 12.0 Å². The highest BCUT2D eigenvalue weighted by Gasteiger charge is 2.35. The Morgan fingerprint density at radius 2 is 2.24 bits per heavy atom. The first-order chi connectivity index (χ1) is 9.99.